The first-order valence-electron chi connectivity index (χ1n) is 14.3. The van der Waals surface area contributed by atoms with Crippen LogP contribution in [0.5, 0.6) is 0 Å². The molecule has 48 heavy (non-hydrogen) atoms. The van der Waals surface area contributed by atoms with Gasteiger partial charge in [-0.3, -0.25) is 41.8 Å². The quantitative estimate of drug-likeness (QED) is 0.135. The molecule has 6 rings (SSSR count). The smallest absolute Gasteiger partial charge is 0.332 e. The van der Waals surface area contributed by atoms with Gasteiger partial charge in [0.1, 0.15) is 5.52 Å². The lowest BCUT2D eigenvalue weighted by molar-refractivity contribution is 0.0820. The summed E-state index contributed by atoms with van der Waals surface area (Å²) < 4.78 is 9.94. The van der Waals surface area contributed by atoms with Crippen molar-refractivity contribution in [3.8, 4) is 0 Å². The number of aliphatic hydroxyl groups is 3. The number of fused-ring (bicyclic) bond motifs is 3. The van der Waals surface area contributed by atoms with Crippen LogP contribution < -0.4 is 33.7 Å². The molecule has 0 aromatic carbocycles. The van der Waals surface area contributed by atoms with Crippen molar-refractivity contribution in [2.24, 2.45) is 42.3 Å². The predicted molar refractivity (Wildman–Crippen MR) is 172 cm³/mol. The lowest BCUT2D eigenvalue weighted by atomic mass is 10.3. The summed E-state index contributed by atoms with van der Waals surface area (Å²) in [5.41, 5.74) is -0.588. The number of aromatic amines is 1. The van der Waals surface area contributed by atoms with Crippen molar-refractivity contribution in [1.29, 1.82) is 0 Å². The number of hydrogen-bond donors (Lipinski definition) is 4. The molecule has 6 aromatic rings. The zero-order chi connectivity index (χ0) is 35.8. The number of hydrogen-bond acceptors (Lipinski definition) is 12. The van der Waals surface area contributed by atoms with Gasteiger partial charge in [0.15, 0.2) is 28.0 Å². The van der Waals surface area contributed by atoms with Crippen LogP contribution in [-0.2, 0) is 55.4 Å². The number of H-pyrrole nitrogens is 1. The topological polar surface area (TPSA) is 257 Å². The second kappa shape index (κ2) is 13.6. The maximum absolute atomic E-state index is 12.0. The fourth-order valence-corrected chi connectivity index (χ4v) is 4.91. The van der Waals surface area contributed by atoms with Gasteiger partial charge in [-0.25, -0.2) is 29.3 Å². The second-order valence-corrected chi connectivity index (χ2v) is 11.0. The maximum atomic E-state index is 12.0. The van der Waals surface area contributed by atoms with E-state index < -0.39 is 41.3 Å². The molecule has 258 valence electrons. The Morgan fingerprint density at radius 2 is 1.04 bits per heavy atom. The third-order valence-electron chi connectivity index (χ3n) is 7.54. The molecule has 0 radical (unpaired) electrons. The fourth-order valence-electron chi connectivity index (χ4n) is 4.91. The van der Waals surface area contributed by atoms with Crippen LogP contribution in [0.15, 0.2) is 47.7 Å². The monoisotopic (exact) mass is 672 g/mol. The van der Waals surface area contributed by atoms with Gasteiger partial charge in [0, 0.05) is 42.3 Å². The van der Waals surface area contributed by atoms with E-state index in [0.29, 0.717) is 22.3 Å². The number of nitrogens with zero attached hydrogens (tertiary/aromatic N) is 11. The zero-order valence-electron chi connectivity index (χ0n) is 27.2. The van der Waals surface area contributed by atoms with Gasteiger partial charge in [0.2, 0.25) is 0 Å². The van der Waals surface area contributed by atoms with E-state index >= 15 is 0 Å². The molecular weight excluding hydrogens is 636 g/mol. The van der Waals surface area contributed by atoms with Crippen LogP contribution in [0.4, 0.5) is 0 Å². The van der Waals surface area contributed by atoms with E-state index in [1.807, 2.05) is 0 Å². The van der Waals surface area contributed by atoms with Gasteiger partial charge >= 0.3 is 17.1 Å². The van der Waals surface area contributed by atoms with Crippen LogP contribution in [-0.4, -0.2) is 90.6 Å². The molecular formula is C27H36N12O9. The van der Waals surface area contributed by atoms with Gasteiger partial charge in [0.05, 0.1) is 50.9 Å². The number of aliphatic hydroxyl groups excluding tert-OH is 3. The molecule has 0 spiro atoms. The van der Waals surface area contributed by atoms with E-state index in [2.05, 4.69) is 19.9 Å². The van der Waals surface area contributed by atoms with Crippen molar-refractivity contribution in [3.63, 3.8) is 0 Å². The molecule has 0 saturated carbocycles. The third-order valence-corrected chi connectivity index (χ3v) is 7.54. The van der Waals surface area contributed by atoms with E-state index in [9.17, 15) is 39.0 Å². The highest BCUT2D eigenvalue weighted by molar-refractivity contribution is 5.71. The van der Waals surface area contributed by atoms with Gasteiger partial charge in [0.25, 0.3) is 16.7 Å². The summed E-state index contributed by atoms with van der Waals surface area (Å²) in [6, 6.07) is 0. The predicted octanol–water partition coefficient (Wildman–Crippen LogP) is -4.44. The van der Waals surface area contributed by atoms with Crippen LogP contribution in [0, 0.1) is 0 Å². The second-order valence-electron chi connectivity index (χ2n) is 11.0. The van der Waals surface area contributed by atoms with Crippen molar-refractivity contribution in [3.05, 3.63) is 81.5 Å². The first kappa shape index (κ1) is 35.2. The first-order chi connectivity index (χ1) is 22.5. The molecule has 0 fully saturated rings. The lowest BCUT2D eigenvalue weighted by Gasteiger charge is -2.09. The molecule has 2 unspecified atom stereocenters. The summed E-state index contributed by atoms with van der Waals surface area (Å²) in [5, 5.41) is 27.5. The average molecular weight is 673 g/mol. The van der Waals surface area contributed by atoms with Crippen LogP contribution >= 0.6 is 0 Å². The lowest BCUT2D eigenvalue weighted by Crippen LogP contribution is -2.38. The molecule has 0 saturated heterocycles. The van der Waals surface area contributed by atoms with Gasteiger partial charge in [-0.15, -0.1) is 0 Å². The molecule has 0 aliphatic heterocycles. The molecule has 2 atom stereocenters. The minimum absolute atomic E-state index is 0.0421. The number of aryl methyl sites for hydroxylation is 3. The van der Waals surface area contributed by atoms with Crippen molar-refractivity contribution in [1.82, 2.24) is 56.5 Å². The summed E-state index contributed by atoms with van der Waals surface area (Å²) in [5.74, 6) is 0. The molecule has 0 amide bonds. The van der Waals surface area contributed by atoms with Gasteiger partial charge in [-0.2, -0.15) is 0 Å². The van der Waals surface area contributed by atoms with E-state index in [4.69, 9.17) is 5.11 Å². The molecule has 6 aromatic heterocycles. The van der Waals surface area contributed by atoms with Crippen LogP contribution in [0.3, 0.4) is 0 Å². The Balaban J connectivity index is 0.000000165. The molecule has 21 nitrogen and oxygen atoms in total. The van der Waals surface area contributed by atoms with Gasteiger partial charge in [-0.05, 0) is 6.92 Å². The highest BCUT2D eigenvalue weighted by Crippen LogP contribution is 2.07. The van der Waals surface area contributed by atoms with Crippen LogP contribution in [0.2, 0.25) is 0 Å². The highest BCUT2D eigenvalue weighted by Gasteiger charge is 2.17. The molecule has 0 aliphatic carbocycles. The van der Waals surface area contributed by atoms with Crippen molar-refractivity contribution >= 4 is 33.5 Å². The van der Waals surface area contributed by atoms with Gasteiger partial charge in [-0.1, -0.05) is 0 Å². The standard InChI is InChI=1S/C10H14N4O4.C10H14N4O3.C7H8N4O2/c1-12-8-7(9(17)13(2)10(12)18)14(5-11-8)3-6(16)4-15;1-6(15)4-14-5-11-8-7(14)9(16)13(3)10(17)12(8)2;1-10-5-4(8-3-9-5)6(12)11(2)7(10)13/h5-6,15-16H,3-4H2,1-2H3;5-6,15H,4H2,1-3H3;3H,1-2H3,(H,8,9). The Labute approximate surface area is 268 Å². The average Bonchev–Trinajstić information content (AvgIpc) is 3.82. The van der Waals surface area contributed by atoms with Crippen LogP contribution in [0.1, 0.15) is 6.92 Å². The van der Waals surface area contributed by atoms with E-state index in [1.54, 1.807) is 25.6 Å². The largest absolute Gasteiger partial charge is 0.394 e. The molecule has 6 heterocycles. The highest BCUT2D eigenvalue weighted by atomic mass is 16.3. The SMILES string of the molecule is CC(O)Cn1cnc2c1c(=O)n(C)c(=O)n2C.Cn1c(=O)c2[nH]cnc2n(C)c1=O.Cn1c(=O)c2c(ncn2CC(O)CO)n(C)c1=O. The van der Waals surface area contributed by atoms with Crippen molar-refractivity contribution in [2.45, 2.75) is 32.2 Å². The van der Waals surface area contributed by atoms with E-state index in [0.717, 1.165) is 13.7 Å². The van der Waals surface area contributed by atoms with Crippen molar-refractivity contribution in [2.75, 3.05) is 6.61 Å². The molecule has 21 heteroatoms. The Morgan fingerprint density at radius 1 is 0.625 bits per heavy atom. The minimum Gasteiger partial charge on any atom is -0.394 e. The molecule has 4 N–H and O–H groups in total. The third kappa shape index (κ3) is 6.20. The normalized spacial score (nSPS) is 12.5. The Bertz CT molecular complexity index is 2500. The van der Waals surface area contributed by atoms with E-state index in [1.165, 1.54) is 65.4 Å². The summed E-state index contributed by atoms with van der Waals surface area (Å²) in [6.45, 7) is 1.52. The summed E-state index contributed by atoms with van der Waals surface area (Å²) in [7, 11) is 8.89. The minimum atomic E-state index is -0.982. The summed E-state index contributed by atoms with van der Waals surface area (Å²) in [6.07, 6.45) is 2.65. The number of nitrogens with one attached hydrogen (secondary N) is 1. The number of aromatic nitrogens is 12. The van der Waals surface area contributed by atoms with E-state index in [-0.39, 0.29) is 35.5 Å². The molecule has 0 aliphatic rings. The summed E-state index contributed by atoms with van der Waals surface area (Å²) in [4.78, 5) is 84.7. The van der Waals surface area contributed by atoms with Gasteiger partial charge < -0.3 is 29.4 Å². The zero-order valence-corrected chi connectivity index (χ0v) is 27.2. The number of rotatable bonds is 5. The first-order valence-corrected chi connectivity index (χ1v) is 14.3. The Morgan fingerprint density at radius 3 is 1.48 bits per heavy atom. The maximum Gasteiger partial charge on any atom is 0.332 e. The van der Waals surface area contributed by atoms with Crippen LogP contribution in [0.25, 0.3) is 33.5 Å². The molecule has 0 bridgehead atoms. The Hall–Kier alpha value is -5.67. The summed E-state index contributed by atoms with van der Waals surface area (Å²) >= 11 is 0. The van der Waals surface area contributed by atoms with Crippen molar-refractivity contribution < 1.29 is 15.3 Å². The fraction of sp³-hybridized carbons (Fsp3) is 0.444. The number of imidazole rings is 3. The Kier molecular flexibility index (Phi) is 9.96.